The van der Waals surface area contributed by atoms with Gasteiger partial charge >= 0.3 is 0 Å². The molecule has 0 saturated carbocycles. The number of hydrogen-bond donors (Lipinski definition) is 2. The molecule has 0 bridgehead atoms. The number of nitrogens with one attached hydrogen (secondary N) is 2. The first kappa shape index (κ1) is 22.0. The van der Waals surface area contributed by atoms with E-state index < -0.39 is 0 Å². The minimum Gasteiger partial charge on any atom is -0.342 e. The number of anilines is 1. The van der Waals surface area contributed by atoms with E-state index in [1.54, 1.807) is 23.7 Å². The number of carbonyl (C=O) groups excluding carboxylic acids is 2. The van der Waals surface area contributed by atoms with Gasteiger partial charge in [0.1, 0.15) is 0 Å². The molecular weight excluding hydrogens is 420 g/mol. The molecule has 10 heteroatoms. The van der Waals surface area contributed by atoms with Crippen LogP contribution in [0.5, 0.6) is 0 Å². The number of nitrogens with zero attached hydrogens (tertiary/aromatic N) is 4. The number of aromatic nitrogens is 4. The van der Waals surface area contributed by atoms with E-state index >= 15 is 0 Å². The fourth-order valence-corrected chi connectivity index (χ4v) is 4.20. The van der Waals surface area contributed by atoms with Crippen LogP contribution in [-0.2, 0) is 11.3 Å². The Hall–Kier alpha value is -2.72. The quantitative estimate of drug-likeness (QED) is 0.489. The van der Waals surface area contributed by atoms with Crippen molar-refractivity contribution in [3.63, 3.8) is 0 Å². The van der Waals surface area contributed by atoms with Gasteiger partial charge < -0.3 is 15.2 Å². The molecular formula is C20H24N6O2S2. The molecule has 3 aromatic rings. The van der Waals surface area contributed by atoms with Gasteiger partial charge in [0.2, 0.25) is 5.91 Å². The first-order chi connectivity index (χ1) is 14.5. The lowest BCUT2D eigenvalue weighted by Gasteiger charge is -2.22. The molecule has 8 nitrogen and oxygen atoms in total. The van der Waals surface area contributed by atoms with Gasteiger partial charge in [-0.1, -0.05) is 43.8 Å². The molecule has 0 fully saturated rings. The van der Waals surface area contributed by atoms with Crippen LogP contribution in [0.15, 0.2) is 47.1 Å². The molecule has 2 N–H and O–H groups in total. The Balaban J connectivity index is 1.71. The zero-order valence-corrected chi connectivity index (χ0v) is 18.7. The molecule has 0 spiro atoms. The van der Waals surface area contributed by atoms with Crippen molar-refractivity contribution in [1.82, 2.24) is 25.1 Å². The van der Waals surface area contributed by atoms with E-state index in [2.05, 4.69) is 25.8 Å². The van der Waals surface area contributed by atoms with Crippen molar-refractivity contribution in [3.05, 3.63) is 53.3 Å². The fourth-order valence-electron chi connectivity index (χ4n) is 2.85. The van der Waals surface area contributed by atoms with Crippen LogP contribution >= 0.6 is 23.1 Å². The summed E-state index contributed by atoms with van der Waals surface area (Å²) in [7, 11) is 0. The highest BCUT2D eigenvalue weighted by molar-refractivity contribution is 7.99. The van der Waals surface area contributed by atoms with E-state index in [4.69, 9.17) is 0 Å². The maximum Gasteiger partial charge on any atom is 0.251 e. The largest absolute Gasteiger partial charge is 0.342 e. The first-order valence-electron chi connectivity index (χ1n) is 9.60. The summed E-state index contributed by atoms with van der Waals surface area (Å²) in [5.41, 5.74) is 0.596. The molecule has 3 rings (SSSR count). The fraction of sp³-hybridized carbons (Fsp3) is 0.350. The van der Waals surface area contributed by atoms with Gasteiger partial charge in [-0.2, -0.15) is 0 Å². The van der Waals surface area contributed by atoms with Crippen LogP contribution in [0.3, 0.4) is 0 Å². The molecule has 0 unspecified atom stereocenters. The number of rotatable bonds is 9. The van der Waals surface area contributed by atoms with Crippen molar-refractivity contribution in [2.75, 3.05) is 11.1 Å². The zero-order valence-electron chi connectivity index (χ0n) is 17.0. The summed E-state index contributed by atoms with van der Waals surface area (Å²) in [6.45, 7) is 6.67. The van der Waals surface area contributed by atoms with Crippen molar-refractivity contribution in [1.29, 1.82) is 0 Å². The van der Waals surface area contributed by atoms with Crippen molar-refractivity contribution in [2.24, 2.45) is 5.92 Å². The SMILES string of the molecule is CCn1c(SCC(=O)Nc2nccs2)nnc1[C@@H](NC(=O)c1ccccc1)C(C)C. The Morgan fingerprint density at radius 2 is 1.97 bits per heavy atom. The third-order valence-electron chi connectivity index (χ3n) is 4.34. The maximum atomic E-state index is 12.7. The normalized spacial score (nSPS) is 12.0. The molecule has 0 aliphatic heterocycles. The summed E-state index contributed by atoms with van der Waals surface area (Å²) in [4.78, 5) is 28.9. The lowest BCUT2D eigenvalue weighted by atomic mass is 10.0. The number of amides is 2. The Bertz CT molecular complexity index is 973. The van der Waals surface area contributed by atoms with Crippen LogP contribution in [0.1, 0.15) is 43.0 Å². The summed E-state index contributed by atoms with van der Waals surface area (Å²) in [6.07, 6.45) is 1.64. The van der Waals surface area contributed by atoms with Crippen LogP contribution in [0.4, 0.5) is 5.13 Å². The molecule has 2 amide bonds. The van der Waals surface area contributed by atoms with E-state index in [0.29, 0.717) is 28.2 Å². The summed E-state index contributed by atoms with van der Waals surface area (Å²) < 4.78 is 1.94. The summed E-state index contributed by atoms with van der Waals surface area (Å²) in [5.74, 6) is 0.676. The van der Waals surface area contributed by atoms with Crippen LogP contribution in [0.25, 0.3) is 0 Å². The van der Waals surface area contributed by atoms with E-state index in [9.17, 15) is 9.59 Å². The molecule has 2 aromatic heterocycles. The van der Waals surface area contributed by atoms with Gasteiger partial charge in [-0.05, 0) is 25.0 Å². The summed E-state index contributed by atoms with van der Waals surface area (Å²) in [5, 5.41) is 17.5. The topological polar surface area (TPSA) is 102 Å². The molecule has 0 aliphatic carbocycles. The monoisotopic (exact) mass is 444 g/mol. The molecule has 158 valence electrons. The average molecular weight is 445 g/mol. The molecule has 0 radical (unpaired) electrons. The minimum atomic E-state index is -0.302. The molecule has 1 atom stereocenters. The Morgan fingerprint density at radius 1 is 1.20 bits per heavy atom. The summed E-state index contributed by atoms with van der Waals surface area (Å²) in [6, 6.07) is 8.79. The number of benzene rings is 1. The van der Waals surface area contributed by atoms with Gasteiger partial charge in [0, 0.05) is 23.7 Å². The van der Waals surface area contributed by atoms with Gasteiger partial charge in [0.05, 0.1) is 11.8 Å². The van der Waals surface area contributed by atoms with Gasteiger partial charge in [-0.15, -0.1) is 21.5 Å². The molecule has 1 aromatic carbocycles. The van der Waals surface area contributed by atoms with E-state index in [1.807, 2.05) is 43.5 Å². The second-order valence-corrected chi connectivity index (χ2v) is 8.66. The molecule has 0 aliphatic rings. The Morgan fingerprint density at radius 3 is 2.60 bits per heavy atom. The highest BCUT2D eigenvalue weighted by Gasteiger charge is 2.26. The van der Waals surface area contributed by atoms with E-state index in [0.717, 1.165) is 0 Å². The van der Waals surface area contributed by atoms with Crippen LogP contribution < -0.4 is 10.6 Å². The predicted molar refractivity (Wildman–Crippen MR) is 119 cm³/mol. The van der Waals surface area contributed by atoms with Gasteiger partial charge in [0.25, 0.3) is 5.91 Å². The highest BCUT2D eigenvalue weighted by Crippen LogP contribution is 2.25. The molecule has 0 saturated heterocycles. The molecule has 2 heterocycles. The Labute approximate surface area is 183 Å². The Kier molecular flexibility index (Phi) is 7.58. The van der Waals surface area contributed by atoms with Gasteiger partial charge in [-0.3, -0.25) is 9.59 Å². The first-order valence-corrected chi connectivity index (χ1v) is 11.5. The number of thiazole rings is 1. The zero-order chi connectivity index (χ0) is 21.5. The van der Waals surface area contributed by atoms with Gasteiger partial charge in [-0.25, -0.2) is 4.98 Å². The number of hydrogen-bond acceptors (Lipinski definition) is 7. The average Bonchev–Trinajstić information content (AvgIpc) is 3.40. The minimum absolute atomic E-state index is 0.109. The van der Waals surface area contributed by atoms with Crippen molar-refractivity contribution < 1.29 is 9.59 Å². The third-order valence-corrected chi connectivity index (χ3v) is 6.00. The number of thioether (sulfide) groups is 1. The van der Waals surface area contributed by atoms with Crippen LogP contribution in [-0.4, -0.2) is 37.3 Å². The smallest absolute Gasteiger partial charge is 0.251 e. The van der Waals surface area contributed by atoms with Crippen molar-refractivity contribution in [3.8, 4) is 0 Å². The maximum absolute atomic E-state index is 12.7. The lowest BCUT2D eigenvalue weighted by Crippen LogP contribution is -2.33. The number of carbonyl (C=O) groups is 2. The van der Waals surface area contributed by atoms with Crippen LogP contribution in [0.2, 0.25) is 0 Å². The molecule has 30 heavy (non-hydrogen) atoms. The predicted octanol–water partition coefficient (Wildman–Crippen LogP) is 3.61. The second-order valence-electron chi connectivity index (χ2n) is 6.82. The van der Waals surface area contributed by atoms with Gasteiger partial charge in [0.15, 0.2) is 16.1 Å². The van der Waals surface area contributed by atoms with E-state index in [1.165, 1.54) is 23.1 Å². The highest BCUT2D eigenvalue weighted by atomic mass is 32.2. The second kappa shape index (κ2) is 10.4. The van der Waals surface area contributed by atoms with E-state index in [-0.39, 0.29) is 29.5 Å². The summed E-state index contributed by atoms with van der Waals surface area (Å²) >= 11 is 2.68. The standard InChI is InChI=1S/C20H24N6O2S2/c1-4-26-17(16(13(2)3)23-18(28)14-8-6-5-7-9-14)24-25-20(26)30-12-15(27)22-19-21-10-11-29-19/h5-11,13,16H,4,12H2,1-3H3,(H,23,28)(H,21,22,27)/t16-/m0/s1. The van der Waals surface area contributed by atoms with Crippen molar-refractivity contribution >= 4 is 40.0 Å². The van der Waals surface area contributed by atoms with Crippen molar-refractivity contribution in [2.45, 2.75) is 38.5 Å². The third kappa shape index (κ3) is 5.45. The van der Waals surface area contributed by atoms with Crippen LogP contribution in [0, 0.1) is 5.92 Å². The lowest BCUT2D eigenvalue weighted by molar-refractivity contribution is -0.113.